The van der Waals surface area contributed by atoms with E-state index in [0.29, 0.717) is 18.3 Å². The zero-order chi connectivity index (χ0) is 18.6. The molecule has 8 heteroatoms. The monoisotopic (exact) mass is 365 g/mol. The number of non-ortho nitro benzene ring substituents is 1. The number of nitro groups is 1. The molecule has 2 aromatic carbocycles. The first kappa shape index (κ1) is 17.2. The van der Waals surface area contributed by atoms with Gasteiger partial charge in [0.2, 0.25) is 11.7 Å². The van der Waals surface area contributed by atoms with Crippen LogP contribution in [0.1, 0.15) is 5.89 Å². The van der Waals surface area contributed by atoms with Crippen molar-refractivity contribution in [1.82, 2.24) is 15.0 Å². The molecule has 27 heavy (non-hydrogen) atoms. The highest BCUT2D eigenvalue weighted by atomic mass is 16.6. The summed E-state index contributed by atoms with van der Waals surface area (Å²) in [4.78, 5) is 19.4. The zero-order valence-electron chi connectivity index (χ0n) is 14.7. The first-order chi connectivity index (χ1) is 13.2. The highest BCUT2D eigenvalue weighted by Gasteiger charge is 2.20. The molecule has 0 saturated carbocycles. The second-order valence-corrected chi connectivity index (χ2v) is 6.41. The quantitative estimate of drug-likeness (QED) is 0.507. The standard InChI is InChI=1S/C19H19N5O3/c25-24(26)17-8-6-16(7-9-17)23-12-10-22(11-13-23)14-18-20-19(21-27-18)15-4-2-1-3-5-15/h1-9H,10-14H2. The lowest BCUT2D eigenvalue weighted by atomic mass is 10.2. The predicted octanol–water partition coefficient (Wildman–Crippen LogP) is 2.97. The van der Waals surface area contributed by atoms with Gasteiger partial charge in [0.25, 0.3) is 5.69 Å². The summed E-state index contributed by atoms with van der Waals surface area (Å²) in [6.07, 6.45) is 0. The number of hydrogen-bond acceptors (Lipinski definition) is 7. The van der Waals surface area contributed by atoms with Crippen LogP contribution in [0, 0.1) is 10.1 Å². The molecule has 0 aliphatic carbocycles. The molecular weight excluding hydrogens is 346 g/mol. The van der Waals surface area contributed by atoms with E-state index in [4.69, 9.17) is 4.52 Å². The summed E-state index contributed by atoms with van der Waals surface area (Å²) >= 11 is 0. The van der Waals surface area contributed by atoms with Crippen molar-refractivity contribution in [2.75, 3.05) is 31.1 Å². The van der Waals surface area contributed by atoms with Crippen molar-refractivity contribution in [3.05, 3.63) is 70.6 Å². The average Bonchev–Trinajstić information content (AvgIpc) is 3.18. The van der Waals surface area contributed by atoms with E-state index in [0.717, 1.165) is 37.4 Å². The van der Waals surface area contributed by atoms with Crippen molar-refractivity contribution in [3.8, 4) is 11.4 Å². The van der Waals surface area contributed by atoms with E-state index >= 15 is 0 Å². The van der Waals surface area contributed by atoms with Gasteiger partial charge in [-0.2, -0.15) is 4.98 Å². The van der Waals surface area contributed by atoms with Gasteiger partial charge in [0.15, 0.2) is 0 Å². The molecule has 0 atom stereocenters. The zero-order valence-corrected chi connectivity index (χ0v) is 14.7. The lowest BCUT2D eigenvalue weighted by molar-refractivity contribution is -0.384. The lowest BCUT2D eigenvalue weighted by Crippen LogP contribution is -2.46. The number of piperazine rings is 1. The van der Waals surface area contributed by atoms with Gasteiger partial charge in [0, 0.05) is 49.6 Å². The minimum atomic E-state index is -0.379. The first-order valence-electron chi connectivity index (χ1n) is 8.79. The summed E-state index contributed by atoms with van der Waals surface area (Å²) < 4.78 is 5.39. The fraction of sp³-hybridized carbons (Fsp3) is 0.263. The third kappa shape index (κ3) is 3.95. The molecular formula is C19H19N5O3. The summed E-state index contributed by atoms with van der Waals surface area (Å²) in [7, 11) is 0. The SMILES string of the molecule is O=[N+]([O-])c1ccc(N2CCN(Cc3nc(-c4ccccc4)no3)CC2)cc1. The van der Waals surface area contributed by atoms with Crippen LogP contribution in [0.15, 0.2) is 59.1 Å². The van der Waals surface area contributed by atoms with Crippen LogP contribution < -0.4 is 4.90 Å². The summed E-state index contributed by atoms with van der Waals surface area (Å²) in [6.45, 7) is 4.03. The van der Waals surface area contributed by atoms with E-state index < -0.39 is 0 Å². The van der Waals surface area contributed by atoms with Crippen LogP contribution >= 0.6 is 0 Å². The van der Waals surface area contributed by atoms with E-state index in [9.17, 15) is 10.1 Å². The second-order valence-electron chi connectivity index (χ2n) is 6.41. The van der Waals surface area contributed by atoms with Crippen molar-refractivity contribution in [1.29, 1.82) is 0 Å². The Morgan fingerprint density at radius 2 is 1.70 bits per heavy atom. The van der Waals surface area contributed by atoms with Crippen molar-refractivity contribution < 1.29 is 9.45 Å². The Balaban J connectivity index is 1.33. The Bertz CT molecular complexity index is 903. The Morgan fingerprint density at radius 3 is 2.37 bits per heavy atom. The number of hydrogen-bond donors (Lipinski definition) is 0. The Kier molecular flexibility index (Phi) is 4.80. The Hall–Kier alpha value is -3.26. The molecule has 0 spiro atoms. The van der Waals surface area contributed by atoms with E-state index in [1.165, 1.54) is 0 Å². The maximum absolute atomic E-state index is 10.8. The summed E-state index contributed by atoms with van der Waals surface area (Å²) in [6, 6.07) is 16.5. The molecule has 0 unspecified atom stereocenters. The van der Waals surface area contributed by atoms with Gasteiger partial charge in [-0.1, -0.05) is 35.5 Å². The van der Waals surface area contributed by atoms with Crippen LogP contribution in [0.3, 0.4) is 0 Å². The highest BCUT2D eigenvalue weighted by Crippen LogP contribution is 2.21. The third-order valence-electron chi connectivity index (χ3n) is 4.66. The van der Waals surface area contributed by atoms with Crippen LogP contribution in [-0.2, 0) is 6.54 Å². The normalized spacial score (nSPS) is 15.0. The Morgan fingerprint density at radius 1 is 1.00 bits per heavy atom. The van der Waals surface area contributed by atoms with Gasteiger partial charge < -0.3 is 9.42 Å². The van der Waals surface area contributed by atoms with Gasteiger partial charge in [0.1, 0.15) is 0 Å². The van der Waals surface area contributed by atoms with Gasteiger partial charge in [-0.05, 0) is 12.1 Å². The van der Waals surface area contributed by atoms with Crippen LogP contribution in [-0.4, -0.2) is 46.1 Å². The predicted molar refractivity (Wildman–Crippen MR) is 100 cm³/mol. The molecule has 0 amide bonds. The van der Waals surface area contributed by atoms with Crippen LogP contribution in [0.2, 0.25) is 0 Å². The molecule has 0 bridgehead atoms. The number of rotatable bonds is 5. The lowest BCUT2D eigenvalue weighted by Gasteiger charge is -2.35. The minimum absolute atomic E-state index is 0.114. The number of nitrogens with zero attached hydrogens (tertiary/aromatic N) is 5. The molecule has 1 aliphatic heterocycles. The summed E-state index contributed by atoms with van der Waals surface area (Å²) in [5, 5.41) is 14.8. The van der Waals surface area contributed by atoms with Gasteiger partial charge in [-0.15, -0.1) is 0 Å². The molecule has 138 valence electrons. The van der Waals surface area contributed by atoms with Gasteiger partial charge in [-0.3, -0.25) is 15.0 Å². The third-order valence-corrected chi connectivity index (χ3v) is 4.66. The largest absolute Gasteiger partial charge is 0.369 e. The fourth-order valence-electron chi connectivity index (χ4n) is 3.16. The van der Waals surface area contributed by atoms with E-state index in [1.54, 1.807) is 24.3 Å². The van der Waals surface area contributed by atoms with Crippen LogP contribution in [0.4, 0.5) is 11.4 Å². The van der Waals surface area contributed by atoms with Crippen molar-refractivity contribution >= 4 is 11.4 Å². The minimum Gasteiger partial charge on any atom is -0.369 e. The number of nitro benzene ring substituents is 1. The fourth-order valence-corrected chi connectivity index (χ4v) is 3.16. The second kappa shape index (κ2) is 7.55. The molecule has 8 nitrogen and oxygen atoms in total. The molecule has 1 aliphatic rings. The summed E-state index contributed by atoms with van der Waals surface area (Å²) in [5.74, 6) is 1.22. The van der Waals surface area contributed by atoms with E-state index in [-0.39, 0.29) is 10.6 Å². The summed E-state index contributed by atoms with van der Waals surface area (Å²) in [5.41, 5.74) is 2.06. The van der Waals surface area contributed by atoms with Crippen molar-refractivity contribution in [3.63, 3.8) is 0 Å². The maximum Gasteiger partial charge on any atom is 0.269 e. The number of benzene rings is 2. The van der Waals surface area contributed by atoms with E-state index in [2.05, 4.69) is 19.9 Å². The highest BCUT2D eigenvalue weighted by molar-refractivity contribution is 5.53. The molecule has 0 radical (unpaired) electrons. The number of aromatic nitrogens is 2. The topological polar surface area (TPSA) is 88.5 Å². The first-order valence-corrected chi connectivity index (χ1v) is 8.79. The molecule has 1 saturated heterocycles. The molecule has 1 aromatic heterocycles. The van der Waals surface area contributed by atoms with Crippen molar-refractivity contribution in [2.24, 2.45) is 0 Å². The van der Waals surface area contributed by atoms with Crippen LogP contribution in [0.5, 0.6) is 0 Å². The molecule has 1 fully saturated rings. The van der Waals surface area contributed by atoms with E-state index in [1.807, 2.05) is 30.3 Å². The molecule has 2 heterocycles. The molecule has 4 rings (SSSR count). The smallest absolute Gasteiger partial charge is 0.269 e. The van der Waals surface area contributed by atoms with Crippen molar-refractivity contribution in [2.45, 2.75) is 6.54 Å². The molecule has 0 N–H and O–H groups in total. The van der Waals surface area contributed by atoms with Gasteiger partial charge >= 0.3 is 0 Å². The number of anilines is 1. The Labute approximate surface area is 156 Å². The maximum atomic E-state index is 10.8. The van der Waals surface area contributed by atoms with Gasteiger partial charge in [0.05, 0.1) is 11.5 Å². The average molecular weight is 365 g/mol. The van der Waals surface area contributed by atoms with Gasteiger partial charge in [-0.25, -0.2) is 0 Å². The molecule has 3 aromatic rings. The van der Waals surface area contributed by atoms with Crippen LogP contribution in [0.25, 0.3) is 11.4 Å².